The van der Waals surface area contributed by atoms with Gasteiger partial charge in [-0.2, -0.15) is 0 Å². The predicted molar refractivity (Wildman–Crippen MR) is 64.3 cm³/mol. The van der Waals surface area contributed by atoms with Gasteiger partial charge in [0.1, 0.15) is 6.10 Å². The van der Waals surface area contributed by atoms with Crippen molar-refractivity contribution in [2.45, 2.75) is 12.4 Å². The second-order valence-electron chi connectivity index (χ2n) is 3.60. The largest absolute Gasteiger partial charge is 0.363 e. The smallest absolute Gasteiger partial charge is 0.184 e. The minimum absolute atomic E-state index is 0.0624. The third kappa shape index (κ3) is 3.22. The lowest BCUT2D eigenvalue weighted by Gasteiger charge is -2.29. The summed E-state index contributed by atoms with van der Waals surface area (Å²) in [5.74, 6) is 0.688. The van der Waals surface area contributed by atoms with Gasteiger partial charge in [0.15, 0.2) is 6.29 Å². The van der Waals surface area contributed by atoms with Crippen molar-refractivity contribution in [2.75, 3.05) is 25.4 Å². The third-order valence-electron chi connectivity index (χ3n) is 2.36. The Hall–Kier alpha value is -0.550. The molecule has 2 rings (SSSR count). The average molecular weight is 240 g/mol. The molecule has 0 atom stereocenters. The van der Waals surface area contributed by atoms with Gasteiger partial charge >= 0.3 is 0 Å². The lowest BCUT2D eigenvalue weighted by molar-refractivity contribution is -0.227. The first-order valence-corrected chi connectivity index (χ1v) is 6.68. The molecule has 1 aliphatic rings. The van der Waals surface area contributed by atoms with Gasteiger partial charge in [-0.05, 0) is 6.26 Å². The molecule has 0 saturated carbocycles. The van der Waals surface area contributed by atoms with E-state index in [0.29, 0.717) is 19.2 Å². The van der Waals surface area contributed by atoms with Crippen molar-refractivity contribution in [1.82, 2.24) is 0 Å². The molecule has 4 heteroatoms. The normalized spacial score (nSPS) is 25.6. The van der Waals surface area contributed by atoms with Crippen molar-refractivity contribution < 1.29 is 14.2 Å². The quantitative estimate of drug-likeness (QED) is 0.756. The number of rotatable bonds is 4. The SMILES string of the molecule is CSCOC1COC(c2ccccc2)OC1. The summed E-state index contributed by atoms with van der Waals surface area (Å²) in [5.41, 5.74) is 1.06. The van der Waals surface area contributed by atoms with Gasteiger partial charge in [-0.25, -0.2) is 0 Å². The first kappa shape index (κ1) is 11.9. The highest BCUT2D eigenvalue weighted by molar-refractivity contribution is 7.98. The van der Waals surface area contributed by atoms with E-state index in [0.717, 1.165) is 5.56 Å². The Morgan fingerprint density at radius 2 is 1.94 bits per heavy atom. The van der Waals surface area contributed by atoms with E-state index in [4.69, 9.17) is 14.2 Å². The Kier molecular flexibility index (Phi) is 4.66. The summed E-state index contributed by atoms with van der Waals surface area (Å²) >= 11 is 1.66. The molecule has 1 fully saturated rings. The van der Waals surface area contributed by atoms with Crippen LogP contribution in [0.25, 0.3) is 0 Å². The molecule has 0 aliphatic carbocycles. The Labute approximate surface area is 100 Å². The van der Waals surface area contributed by atoms with Crippen molar-refractivity contribution in [3.8, 4) is 0 Å². The van der Waals surface area contributed by atoms with Crippen LogP contribution in [0, 0.1) is 0 Å². The third-order valence-corrected chi connectivity index (χ3v) is 2.73. The van der Waals surface area contributed by atoms with Crippen LogP contribution < -0.4 is 0 Å². The van der Waals surface area contributed by atoms with E-state index in [-0.39, 0.29) is 12.4 Å². The van der Waals surface area contributed by atoms with Crippen molar-refractivity contribution >= 4 is 11.8 Å². The first-order chi connectivity index (χ1) is 7.90. The summed E-state index contributed by atoms with van der Waals surface area (Å²) in [7, 11) is 0. The lowest BCUT2D eigenvalue weighted by atomic mass is 10.2. The molecule has 1 aliphatic heterocycles. The molecule has 3 nitrogen and oxygen atoms in total. The first-order valence-electron chi connectivity index (χ1n) is 5.29. The van der Waals surface area contributed by atoms with E-state index in [9.17, 15) is 0 Å². The van der Waals surface area contributed by atoms with Gasteiger partial charge in [0, 0.05) is 5.56 Å². The van der Waals surface area contributed by atoms with Crippen molar-refractivity contribution in [3.05, 3.63) is 35.9 Å². The Morgan fingerprint density at radius 3 is 2.56 bits per heavy atom. The summed E-state index contributed by atoms with van der Waals surface area (Å²) in [4.78, 5) is 0. The van der Waals surface area contributed by atoms with E-state index in [1.807, 2.05) is 36.6 Å². The van der Waals surface area contributed by atoms with Crippen LogP contribution in [-0.4, -0.2) is 31.5 Å². The zero-order valence-electron chi connectivity index (χ0n) is 9.30. The number of hydrogen-bond acceptors (Lipinski definition) is 4. The fourth-order valence-corrected chi connectivity index (χ4v) is 1.88. The van der Waals surface area contributed by atoms with E-state index < -0.39 is 0 Å². The maximum absolute atomic E-state index is 5.62. The minimum atomic E-state index is -0.240. The summed E-state index contributed by atoms with van der Waals surface area (Å²) in [6, 6.07) is 9.97. The highest BCUT2D eigenvalue weighted by atomic mass is 32.2. The molecule has 0 bridgehead atoms. The van der Waals surface area contributed by atoms with Crippen LogP contribution in [0.3, 0.4) is 0 Å². The predicted octanol–water partition coefficient (Wildman–Crippen LogP) is 2.44. The maximum atomic E-state index is 5.62. The fourth-order valence-electron chi connectivity index (χ4n) is 1.55. The Balaban J connectivity index is 1.81. The molecule has 0 unspecified atom stereocenters. The molecule has 1 saturated heterocycles. The second kappa shape index (κ2) is 6.25. The van der Waals surface area contributed by atoms with Crippen LogP contribution in [0.1, 0.15) is 11.9 Å². The summed E-state index contributed by atoms with van der Waals surface area (Å²) in [6.45, 7) is 1.19. The molecule has 1 aromatic rings. The van der Waals surface area contributed by atoms with Gasteiger partial charge in [-0.3, -0.25) is 0 Å². The summed E-state index contributed by atoms with van der Waals surface area (Å²) in [6.07, 6.45) is 1.83. The minimum Gasteiger partial charge on any atom is -0.363 e. The molecule has 1 aromatic carbocycles. The highest BCUT2D eigenvalue weighted by Crippen LogP contribution is 2.23. The fraction of sp³-hybridized carbons (Fsp3) is 0.500. The van der Waals surface area contributed by atoms with Crippen molar-refractivity contribution in [1.29, 1.82) is 0 Å². The second-order valence-corrected chi connectivity index (χ2v) is 4.42. The molecule has 0 radical (unpaired) electrons. The molecule has 0 spiro atoms. The zero-order chi connectivity index (χ0) is 11.2. The zero-order valence-corrected chi connectivity index (χ0v) is 10.1. The monoisotopic (exact) mass is 240 g/mol. The van der Waals surface area contributed by atoms with Crippen LogP contribution in [0.4, 0.5) is 0 Å². The van der Waals surface area contributed by atoms with Crippen LogP contribution in [0.15, 0.2) is 30.3 Å². The van der Waals surface area contributed by atoms with Gasteiger partial charge in [0.2, 0.25) is 0 Å². The van der Waals surface area contributed by atoms with Crippen LogP contribution >= 0.6 is 11.8 Å². The number of hydrogen-bond donors (Lipinski definition) is 0. The molecule has 0 amide bonds. The molecular weight excluding hydrogens is 224 g/mol. The molecular formula is C12H16O3S. The Morgan fingerprint density at radius 1 is 1.25 bits per heavy atom. The maximum Gasteiger partial charge on any atom is 0.184 e. The molecule has 1 heterocycles. The standard InChI is InChI=1S/C12H16O3S/c1-16-9-15-11-7-13-12(14-8-11)10-5-3-2-4-6-10/h2-6,11-12H,7-9H2,1H3. The van der Waals surface area contributed by atoms with E-state index in [2.05, 4.69) is 0 Å². The molecule has 16 heavy (non-hydrogen) atoms. The topological polar surface area (TPSA) is 27.7 Å². The summed E-state index contributed by atoms with van der Waals surface area (Å²) in [5, 5.41) is 0. The molecule has 0 N–H and O–H groups in total. The van der Waals surface area contributed by atoms with Gasteiger partial charge in [0.05, 0.1) is 19.2 Å². The average Bonchev–Trinajstić information content (AvgIpc) is 2.38. The van der Waals surface area contributed by atoms with Gasteiger partial charge in [0.25, 0.3) is 0 Å². The van der Waals surface area contributed by atoms with E-state index in [1.54, 1.807) is 11.8 Å². The highest BCUT2D eigenvalue weighted by Gasteiger charge is 2.23. The molecule has 0 aromatic heterocycles. The number of thioether (sulfide) groups is 1. The van der Waals surface area contributed by atoms with E-state index >= 15 is 0 Å². The van der Waals surface area contributed by atoms with Crippen LogP contribution in [0.5, 0.6) is 0 Å². The number of ether oxygens (including phenoxy) is 3. The van der Waals surface area contributed by atoms with Crippen LogP contribution in [0.2, 0.25) is 0 Å². The van der Waals surface area contributed by atoms with Gasteiger partial charge in [-0.15, -0.1) is 11.8 Å². The van der Waals surface area contributed by atoms with Crippen LogP contribution in [-0.2, 0) is 14.2 Å². The Bertz CT molecular complexity index is 296. The van der Waals surface area contributed by atoms with Gasteiger partial charge in [-0.1, -0.05) is 30.3 Å². The number of benzene rings is 1. The van der Waals surface area contributed by atoms with Crippen molar-refractivity contribution in [2.24, 2.45) is 0 Å². The lowest BCUT2D eigenvalue weighted by Crippen LogP contribution is -2.33. The summed E-state index contributed by atoms with van der Waals surface area (Å²) < 4.78 is 16.8. The van der Waals surface area contributed by atoms with Crippen molar-refractivity contribution in [3.63, 3.8) is 0 Å². The van der Waals surface area contributed by atoms with E-state index in [1.165, 1.54) is 0 Å². The molecule has 88 valence electrons. The van der Waals surface area contributed by atoms with Gasteiger partial charge < -0.3 is 14.2 Å².